The Morgan fingerprint density at radius 2 is 2.33 bits per heavy atom. The quantitative estimate of drug-likeness (QED) is 0.671. The molecule has 1 rings (SSSR count). The third-order valence-corrected chi connectivity index (χ3v) is 3.61. The van der Waals surface area contributed by atoms with Crippen LogP contribution in [-0.2, 0) is 18.5 Å². The van der Waals surface area contributed by atoms with Crippen molar-refractivity contribution in [1.82, 2.24) is 0 Å². The summed E-state index contributed by atoms with van der Waals surface area (Å²) in [5.41, 5.74) is 0. The molecule has 15 heavy (non-hydrogen) atoms. The highest BCUT2D eigenvalue weighted by Gasteiger charge is 2.17. The molecule has 2 atom stereocenters. The maximum atomic E-state index is 10.8. The standard InChI is InChI=1S/C9H17ClO4S/c1-8(7-15(10,11)12)4-14-6-9-2-3-13-5-9/h8-9H,2-7H2,1H3. The smallest absolute Gasteiger partial charge is 0.232 e. The molecule has 1 fully saturated rings. The van der Waals surface area contributed by atoms with Crippen molar-refractivity contribution in [2.45, 2.75) is 13.3 Å². The average Bonchev–Trinajstić information content (AvgIpc) is 2.53. The van der Waals surface area contributed by atoms with E-state index < -0.39 is 9.05 Å². The molecule has 1 saturated heterocycles. The first-order valence-electron chi connectivity index (χ1n) is 5.05. The van der Waals surface area contributed by atoms with Crippen molar-refractivity contribution >= 4 is 19.7 Å². The topological polar surface area (TPSA) is 52.6 Å². The van der Waals surface area contributed by atoms with Gasteiger partial charge in [-0.2, -0.15) is 0 Å². The first kappa shape index (κ1) is 13.2. The van der Waals surface area contributed by atoms with Crippen LogP contribution >= 0.6 is 10.7 Å². The van der Waals surface area contributed by atoms with Crippen LogP contribution in [0.15, 0.2) is 0 Å². The summed E-state index contributed by atoms with van der Waals surface area (Å²) in [5, 5.41) is 0. The first-order chi connectivity index (χ1) is 6.97. The van der Waals surface area contributed by atoms with Gasteiger partial charge in [-0.3, -0.25) is 0 Å². The SMILES string of the molecule is CC(COCC1CCOC1)CS(=O)(=O)Cl. The molecule has 90 valence electrons. The molecule has 2 unspecified atom stereocenters. The van der Waals surface area contributed by atoms with E-state index in [1.54, 1.807) is 0 Å². The highest BCUT2D eigenvalue weighted by Crippen LogP contribution is 2.13. The van der Waals surface area contributed by atoms with Gasteiger partial charge in [0, 0.05) is 23.2 Å². The van der Waals surface area contributed by atoms with E-state index in [9.17, 15) is 8.42 Å². The fraction of sp³-hybridized carbons (Fsp3) is 1.00. The van der Waals surface area contributed by atoms with E-state index in [-0.39, 0.29) is 11.7 Å². The van der Waals surface area contributed by atoms with Gasteiger partial charge in [0.15, 0.2) is 0 Å². The number of ether oxygens (including phenoxy) is 2. The van der Waals surface area contributed by atoms with Gasteiger partial charge in [-0.15, -0.1) is 0 Å². The van der Waals surface area contributed by atoms with Crippen molar-refractivity contribution in [2.24, 2.45) is 11.8 Å². The van der Waals surface area contributed by atoms with E-state index in [0.717, 1.165) is 19.6 Å². The Labute approximate surface area is 95.3 Å². The summed E-state index contributed by atoms with van der Waals surface area (Å²) in [5.74, 6) is 0.370. The van der Waals surface area contributed by atoms with E-state index >= 15 is 0 Å². The summed E-state index contributed by atoms with van der Waals surface area (Å²) in [7, 11) is 1.73. The zero-order valence-corrected chi connectivity index (χ0v) is 10.4. The molecular formula is C9H17ClO4S. The zero-order chi connectivity index (χ0) is 11.3. The molecule has 6 heteroatoms. The van der Waals surface area contributed by atoms with Crippen molar-refractivity contribution in [3.8, 4) is 0 Å². The van der Waals surface area contributed by atoms with Crippen molar-refractivity contribution in [1.29, 1.82) is 0 Å². The number of rotatable bonds is 6. The predicted molar refractivity (Wildman–Crippen MR) is 58.5 cm³/mol. The number of hydrogen-bond acceptors (Lipinski definition) is 4. The van der Waals surface area contributed by atoms with Crippen molar-refractivity contribution in [2.75, 3.05) is 32.2 Å². The van der Waals surface area contributed by atoms with E-state index in [2.05, 4.69) is 0 Å². The number of halogens is 1. The summed E-state index contributed by atoms with van der Waals surface area (Å²) in [6, 6.07) is 0. The molecule has 1 aliphatic rings. The molecule has 0 aromatic rings. The van der Waals surface area contributed by atoms with Gasteiger partial charge in [-0.1, -0.05) is 6.92 Å². The maximum Gasteiger partial charge on any atom is 0.232 e. The van der Waals surface area contributed by atoms with Crippen LogP contribution in [0, 0.1) is 11.8 Å². The molecule has 1 heterocycles. The van der Waals surface area contributed by atoms with Gasteiger partial charge in [-0.05, 0) is 12.3 Å². The van der Waals surface area contributed by atoms with Gasteiger partial charge < -0.3 is 9.47 Å². The molecule has 4 nitrogen and oxygen atoms in total. The Morgan fingerprint density at radius 1 is 1.60 bits per heavy atom. The molecule has 0 saturated carbocycles. The Morgan fingerprint density at radius 3 is 2.87 bits per heavy atom. The Hall–Kier alpha value is 0.160. The second kappa shape index (κ2) is 6.03. The average molecular weight is 257 g/mol. The van der Waals surface area contributed by atoms with Crippen LogP contribution in [0.4, 0.5) is 0 Å². The minimum atomic E-state index is -3.41. The van der Waals surface area contributed by atoms with Crippen LogP contribution in [0.1, 0.15) is 13.3 Å². The highest BCUT2D eigenvalue weighted by molar-refractivity contribution is 8.13. The lowest BCUT2D eigenvalue weighted by Crippen LogP contribution is -2.18. The monoisotopic (exact) mass is 256 g/mol. The van der Waals surface area contributed by atoms with Gasteiger partial charge in [0.2, 0.25) is 9.05 Å². The molecule has 0 aromatic carbocycles. The fourth-order valence-electron chi connectivity index (χ4n) is 1.54. The lowest BCUT2D eigenvalue weighted by atomic mass is 10.1. The third kappa shape index (κ3) is 6.35. The van der Waals surface area contributed by atoms with Crippen LogP contribution in [0.25, 0.3) is 0 Å². The van der Waals surface area contributed by atoms with Gasteiger partial charge in [0.05, 0.1) is 25.6 Å². The van der Waals surface area contributed by atoms with Gasteiger partial charge in [0.25, 0.3) is 0 Å². The minimum absolute atomic E-state index is 0.0320. The third-order valence-electron chi connectivity index (χ3n) is 2.26. The number of hydrogen-bond donors (Lipinski definition) is 0. The summed E-state index contributed by atoms with van der Waals surface area (Å²) in [4.78, 5) is 0. The zero-order valence-electron chi connectivity index (χ0n) is 8.82. The summed E-state index contributed by atoms with van der Waals surface area (Å²) >= 11 is 0. The van der Waals surface area contributed by atoms with Crippen LogP contribution in [-0.4, -0.2) is 40.6 Å². The van der Waals surface area contributed by atoms with E-state index in [1.807, 2.05) is 6.92 Å². The molecule has 0 N–H and O–H groups in total. The molecular weight excluding hydrogens is 240 g/mol. The second-order valence-corrected chi connectivity index (χ2v) is 6.90. The predicted octanol–water partition coefficient (Wildman–Crippen LogP) is 1.24. The molecule has 0 amide bonds. The van der Waals surface area contributed by atoms with Gasteiger partial charge >= 0.3 is 0 Å². The first-order valence-corrected chi connectivity index (χ1v) is 7.53. The molecule has 1 aliphatic heterocycles. The van der Waals surface area contributed by atoms with Crippen molar-refractivity contribution in [3.63, 3.8) is 0 Å². The van der Waals surface area contributed by atoms with Crippen LogP contribution in [0.3, 0.4) is 0 Å². The minimum Gasteiger partial charge on any atom is -0.381 e. The fourth-order valence-corrected chi connectivity index (χ4v) is 2.96. The van der Waals surface area contributed by atoms with E-state index in [4.69, 9.17) is 20.2 Å². The van der Waals surface area contributed by atoms with E-state index in [1.165, 1.54) is 0 Å². The van der Waals surface area contributed by atoms with Crippen LogP contribution < -0.4 is 0 Å². The molecule has 0 radical (unpaired) electrons. The lowest BCUT2D eigenvalue weighted by Gasteiger charge is -2.12. The van der Waals surface area contributed by atoms with Crippen LogP contribution in [0.5, 0.6) is 0 Å². The molecule has 0 spiro atoms. The molecule has 0 aromatic heterocycles. The molecule has 0 bridgehead atoms. The van der Waals surface area contributed by atoms with E-state index in [0.29, 0.717) is 19.1 Å². The Bertz CT molecular complexity index is 272. The van der Waals surface area contributed by atoms with Gasteiger partial charge in [0.1, 0.15) is 0 Å². The normalized spacial score (nSPS) is 24.3. The van der Waals surface area contributed by atoms with Crippen molar-refractivity contribution in [3.05, 3.63) is 0 Å². The highest BCUT2D eigenvalue weighted by atomic mass is 35.7. The second-order valence-electron chi connectivity index (χ2n) is 4.08. The molecule has 0 aliphatic carbocycles. The van der Waals surface area contributed by atoms with Crippen molar-refractivity contribution < 1.29 is 17.9 Å². The lowest BCUT2D eigenvalue weighted by molar-refractivity contribution is 0.0735. The summed E-state index contributed by atoms with van der Waals surface area (Å²) in [6.07, 6.45) is 1.03. The maximum absolute atomic E-state index is 10.8. The Balaban J connectivity index is 2.08. The summed E-state index contributed by atoms with van der Waals surface area (Å²) < 4.78 is 32.1. The van der Waals surface area contributed by atoms with Crippen LogP contribution in [0.2, 0.25) is 0 Å². The largest absolute Gasteiger partial charge is 0.381 e. The summed E-state index contributed by atoms with van der Waals surface area (Å²) in [6.45, 7) is 4.45. The Kier molecular flexibility index (Phi) is 5.32. The van der Waals surface area contributed by atoms with Gasteiger partial charge in [-0.25, -0.2) is 8.42 Å².